The molecule has 0 aliphatic heterocycles. The maximum atomic E-state index is 5.93. The highest BCUT2D eigenvalue weighted by Crippen LogP contribution is 2.22. The summed E-state index contributed by atoms with van der Waals surface area (Å²) in [6.07, 6.45) is 3.56. The van der Waals surface area contributed by atoms with Crippen LogP contribution in [0.4, 0.5) is 0 Å². The van der Waals surface area contributed by atoms with Gasteiger partial charge in [0.05, 0.1) is 5.69 Å². The third-order valence-electron chi connectivity index (χ3n) is 3.22. The summed E-state index contributed by atoms with van der Waals surface area (Å²) in [6, 6.07) is 10.5. The summed E-state index contributed by atoms with van der Waals surface area (Å²) in [4.78, 5) is 4.55. The standard InChI is InChI=1S/C14H16N2O/c15-11-6-7-13-12(9-11)16-14(17-13)8-10-4-2-1-3-5-10/h1-5,11H,6-9,15H2. The van der Waals surface area contributed by atoms with Crippen LogP contribution in [0.25, 0.3) is 0 Å². The van der Waals surface area contributed by atoms with Crippen molar-refractivity contribution < 1.29 is 4.42 Å². The molecule has 1 aromatic heterocycles. The van der Waals surface area contributed by atoms with E-state index in [0.717, 1.165) is 43.0 Å². The number of oxazole rings is 1. The molecule has 0 bridgehead atoms. The Kier molecular flexibility index (Phi) is 2.69. The van der Waals surface area contributed by atoms with E-state index in [4.69, 9.17) is 10.2 Å². The Morgan fingerprint density at radius 2 is 2.12 bits per heavy atom. The van der Waals surface area contributed by atoms with Gasteiger partial charge in [-0.05, 0) is 12.0 Å². The number of rotatable bonds is 2. The molecule has 1 aliphatic carbocycles. The SMILES string of the molecule is NC1CCc2oc(Cc3ccccc3)nc2C1. The third-order valence-corrected chi connectivity index (χ3v) is 3.22. The maximum Gasteiger partial charge on any atom is 0.199 e. The number of benzene rings is 1. The maximum absolute atomic E-state index is 5.93. The van der Waals surface area contributed by atoms with Gasteiger partial charge in [0.15, 0.2) is 5.89 Å². The first-order valence-corrected chi connectivity index (χ1v) is 6.08. The normalized spacial score (nSPS) is 19.0. The van der Waals surface area contributed by atoms with Gasteiger partial charge < -0.3 is 10.2 Å². The molecule has 0 saturated heterocycles. The van der Waals surface area contributed by atoms with Gasteiger partial charge >= 0.3 is 0 Å². The van der Waals surface area contributed by atoms with Gasteiger partial charge in [0.25, 0.3) is 0 Å². The molecule has 0 radical (unpaired) electrons. The Hall–Kier alpha value is -1.61. The second-order valence-corrected chi connectivity index (χ2v) is 4.64. The van der Waals surface area contributed by atoms with Crippen LogP contribution in [0.3, 0.4) is 0 Å². The van der Waals surface area contributed by atoms with Gasteiger partial charge in [-0.25, -0.2) is 4.98 Å². The quantitative estimate of drug-likeness (QED) is 0.856. The van der Waals surface area contributed by atoms with Crippen LogP contribution in [0.1, 0.15) is 29.3 Å². The first kappa shape index (κ1) is 10.5. The van der Waals surface area contributed by atoms with Crippen molar-refractivity contribution in [3.05, 3.63) is 53.2 Å². The topological polar surface area (TPSA) is 52.0 Å². The fourth-order valence-electron chi connectivity index (χ4n) is 2.30. The Balaban J connectivity index is 1.81. The van der Waals surface area contributed by atoms with Crippen molar-refractivity contribution in [1.29, 1.82) is 0 Å². The number of nitrogens with two attached hydrogens (primary N) is 1. The van der Waals surface area contributed by atoms with Crippen LogP contribution in [0, 0.1) is 0 Å². The Morgan fingerprint density at radius 1 is 1.29 bits per heavy atom. The largest absolute Gasteiger partial charge is 0.445 e. The predicted octanol–water partition coefficient (Wildman–Crippen LogP) is 2.08. The van der Waals surface area contributed by atoms with Crippen molar-refractivity contribution in [2.45, 2.75) is 31.7 Å². The van der Waals surface area contributed by atoms with Crippen LogP contribution in [-0.2, 0) is 19.3 Å². The number of aromatic nitrogens is 1. The van der Waals surface area contributed by atoms with E-state index in [1.54, 1.807) is 0 Å². The monoisotopic (exact) mass is 228 g/mol. The number of hydrogen-bond donors (Lipinski definition) is 1. The predicted molar refractivity (Wildman–Crippen MR) is 65.8 cm³/mol. The molecular weight excluding hydrogens is 212 g/mol. The summed E-state index contributed by atoms with van der Waals surface area (Å²) in [7, 11) is 0. The van der Waals surface area contributed by atoms with Gasteiger partial charge in [-0.1, -0.05) is 30.3 Å². The van der Waals surface area contributed by atoms with Gasteiger partial charge in [0.2, 0.25) is 0 Å². The lowest BCUT2D eigenvalue weighted by atomic mass is 9.98. The smallest absolute Gasteiger partial charge is 0.199 e. The van der Waals surface area contributed by atoms with Crippen molar-refractivity contribution in [3.63, 3.8) is 0 Å². The summed E-state index contributed by atoms with van der Waals surface area (Å²) in [5, 5.41) is 0. The molecule has 1 aromatic carbocycles. The molecule has 0 amide bonds. The molecule has 17 heavy (non-hydrogen) atoms. The molecular formula is C14H16N2O. The summed E-state index contributed by atoms with van der Waals surface area (Å²) in [5.41, 5.74) is 8.23. The average molecular weight is 228 g/mol. The molecule has 3 heteroatoms. The summed E-state index contributed by atoms with van der Waals surface area (Å²) in [6.45, 7) is 0. The second kappa shape index (κ2) is 4.34. The summed E-state index contributed by atoms with van der Waals surface area (Å²) < 4.78 is 5.79. The van der Waals surface area contributed by atoms with E-state index in [-0.39, 0.29) is 6.04 Å². The van der Waals surface area contributed by atoms with Crippen molar-refractivity contribution >= 4 is 0 Å². The molecule has 1 unspecified atom stereocenters. The Labute approximate surface area is 101 Å². The summed E-state index contributed by atoms with van der Waals surface area (Å²) >= 11 is 0. The van der Waals surface area contributed by atoms with E-state index in [1.165, 1.54) is 5.56 Å². The van der Waals surface area contributed by atoms with E-state index < -0.39 is 0 Å². The van der Waals surface area contributed by atoms with E-state index >= 15 is 0 Å². The zero-order chi connectivity index (χ0) is 11.7. The molecule has 0 fully saturated rings. The fraction of sp³-hybridized carbons (Fsp3) is 0.357. The minimum atomic E-state index is 0.247. The number of hydrogen-bond acceptors (Lipinski definition) is 3. The van der Waals surface area contributed by atoms with Gasteiger partial charge in [0, 0.05) is 25.3 Å². The highest BCUT2D eigenvalue weighted by atomic mass is 16.4. The van der Waals surface area contributed by atoms with Crippen LogP contribution in [0.5, 0.6) is 0 Å². The molecule has 2 aromatic rings. The zero-order valence-electron chi connectivity index (χ0n) is 9.73. The van der Waals surface area contributed by atoms with Gasteiger partial charge in [-0.2, -0.15) is 0 Å². The van der Waals surface area contributed by atoms with Crippen LogP contribution < -0.4 is 5.73 Å². The van der Waals surface area contributed by atoms with Gasteiger partial charge in [0.1, 0.15) is 5.76 Å². The third kappa shape index (κ3) is 2.24. The van der Waals surface area contributed by atoms with Crippen molar-refractivity contribution in [2.24, 2.45) is 5.73 Å². The first-order valence-electron chi connectivity index (χ1n) is 6.08. The minimum absolute atomic E-state index is 0.247. The molecule has 3 nitrogen and oxygen atoms in total. The highest BCUT2D eigenvalue weighted by molar-refractivity contribution is 5.21. The zero-order valence-corrected chi connectivity index (χ0v) is 9.73. The first-order chi connectivity index (χ1) is 8.31. The van der Waals surface area contributed by atoms with Crippen molar-refractivity contribution in [2.75, 3.05) is 0 Å². The van der Waals surface area contributed by atoms with Crippen LogP contribution >= 0.6 is 0 Å². The Morgan fingerprint density at radius 3 is 2.94 bits per heavy atom. The van der Waals surface area contributed by atoms with Crippen molar-refractivity contribution in [1.82, 2.24) is 4.98 Å². The van der Waals surface area contributed by atoms with Crippen LogP contribution in [-0.4, -0.2) is 11.0 Å². The van der Waals surface area contributed by atoms with Gasteiger partial charge in [-0.15, -0.1) is 0 Å². The molecule has 2 N–H and O–H groups in total. The highest BCUT2D eigenvalue weighted by Gasteiger charge is 2.21. The number of fused-ring (bicyclic) bond motifs is 1. The molecule has 0 spiro atoms. The van der Waals surface area contributed by atoms with Crippen molar-refractivity contribution in [3.8, 4) is 0 Å². The molecule has 1 heterocycles. The van der Waals surface area contributed by atoms with E-state index in [0.29, 0.717) is 0 Å². The molecule has 1 aliphatic rings. The van der Waals surface area contributed by atoms with E-state index in [2.05, 4.69) is 17.1 Å². The molecule has 0 saturated carbocycles. The second-order valence-electron chi connectivity index (χ2n) is 4.64. The lowest BCUT2D eigenvalue weighted by molar-refractivity contribution is 0.433. The van der Waals surface area contributed by atoms with Crippen LogP contribution in [0.15, 0.2) is 34.7 Å². The molecule has 1 atom stereocenters. The number of aryl methyl sites for hydroxylation is 1. The van der Waals surface area contributed by atoms with E-state index in [9.17, 15) is 0 Å². The molecule has 88 valence electrons. The average Bonchev–Trinajstić information content (AvgIpc) is 2.71. The van der Waals surface area contributed by atoms with Gasteiger partial charge in [-0.3, -0.25) is 0 Å². The lowest BCUT2D eigenvalue weighted by Gasteiger charge is -2.14. The molecule has 3 rings (SSSR count). The minimum Gasteiger partial charge on any atom is -0.445 e. The van der Waals surface area contributed by atoms with E-state index in [1.807, 2.05) is 18.2 Å². The number of nitrogens with zero attached hydrogens (tertiary/aromatic N) is 1. The lowest BCUT2D eigenvalue weighted by Crippen LogP contribution is -2.27. The Bertz CT molecular complexity index is 504. The van der Waals surface area contributed by atoms with Crippen LogP contribution in [0.2, 0.25) is 0 Å². The summed E-state index contributed by atoms with van der Waals surface area (Å²) in [5.74, 6) is 1.85. The fourth-order valence-corrected chi connectivity index (χ4v) is 2.30.